The number of carboxylic acids is 1. The highest BCUT2D eigenvalue weighted by atomic mass is 16.7. The standard InChI is InChI=1S/C10H10O5/c11-7-3-6(1-2-9(12)13)4-8-10(7)15-5-14-8/h3-4,11H,1-2,5H2,(H,12,13). The Bertz CT molecular complexity index is 399. The molecule has 0 bridgehead atoms. The number of hydrogen-bond donors (Lipinski definition) is 2. The van der Waals surface area contributed by atoms with Gasteiger partial charge in [-0.2, -0.15) is 0 Å². The highest BCUT2D eigenvalue weighted by Gasteiger charge is 2.18. The highest BCUT2D eigenvalue weighted by molar-refractivity contribution is 5.67. The van der Waals surface area contributed by atoms with Crippen LogP contribution in [0.1, 0.15) is 12.0 Å². The van der Waals surface area contributed by atoms with Crippen molar-refractivity contribution in [2.45, 2.75) is 12.8 Å². The van der Waals surface area contributed by atoms with E-state index in [4.69, 9.17) is 14.6 Å². The van der Waals surface area contributed by atoms with Crippen molar-refractivity contribution in [1.29, 1.82) is 0 Å². The fourth-order valence-electron chi connectivity index (χ4n) is 1.44. The number of phenolic OH excluding ortho intramolecular Hbond substituents is 1. The molecule has 0 saturated heterocycles. The van der Waals surface area contributed by atoms with Gasteiger partial charge in [0.25, 0.3) is 0 Å². The molecule has 1 heterocycles. The van der Waals surface area contributed by atoms with Gasteiger partial charge in [0.15, 0.2) is 11.5 Å². The van der Waals surface area contributed by atoms with Crippen molar-refractivity contribution in [1.82, 2.24) is 0 Å². The van der Waals surface area contributed by atoms with Crippen molar-refractivity contribution in [3.8, 4) is 17.2 Å². The van der Waals surface area contributed by atoms with Gasteiger partial charge < -0.3 is 19.7 Å². The number of benzene rings is 1. The number of aliphatic carboxylic acids is 1. The third kappa shape index (κ3) is 1.96. The summed E-state index contributed by atoms with van der Waals surface area (Å²) in [6.07, 6.45) is 0.388. The quantitative estimate of drug-likeness (QED) is 0.782. The zero-order valence-electron chi connectivity index (χ0n) is 7.90. The van der Waals surface area contributed by atoms with Crippen LogP contribution < -0.4 is 9.47 Å². The molecule has 0 fully saturated rings. The van der Waals surface area contributed by atoms with Crippen molar-refractivity contribution in [2.75, 3.05) is 6.79 Å². The third-order valence-corrected chi connectivity index (χ3v) is 2.14. The summed E-state index contributed by atoms with van der Waals surface area (Å²) in [5.41, 5.74) is 0.721. The van der Waals surface area contributed by atoms with Crippen LogP contribution >= 0.6 is 0 Å². The maximum atomic E-state index is 10.4. The molecular weight excluding hydrogens is 200 g/mol. The molecule has 5 nitrogen and oxygen atoms in total. The van der Waals surface area contributed by atoms with E-state index >= 15 is 0 Å². The number of fused-ring (bicyclic) bond motifs is 1. The SMILES string of the molecule is O=C(O)CCc1cc(O)c2c(c1)OCO2. The second kappa shape index (κ2) is 3.68. The molecule has 1 aromatic carbocycles. The molecule has 1 aromatic rings. The smallest absolute Gasteiger partial charge is 0.303 e. The molecular formula is C10H10O5. The lowest BCUT2D eigenvalue weighted by atomic mass is 10.1. The molecule has 0 radical (unpaired) electrons. The number of carbonyl (C=O) groups is 1. The molecule has 0 amide bonds. The molecule has 0 unspecified atom stereocenters. The molecule has 0 aliphatic carbocycles. The second-order valence-electron chi connectivity index (χ2n) is 3.24. The Morgan fingerprint density at radius 1 is 1.40 bits per heavy atom. The van der Waals surface area contributed by atoms with Crippen LogP contribution in [0.15, 0.2) is 12.1 Å². The highest BCUT2D eigenvalue weighted by Crippen LogP contribution is 2.41. The van der Waals surface area contributed by atoms with Gasteiger partial charge in [-0.1, -0.05) is 0 Å². The molecule has 0 saturated carbocycles. The van der Waals surface area contributed by atoms with Gasteiger partial charge in [0.05, 0.1) is 0 Å². The van der Waals surface area contributed by atoms with E-state index in [0.717, 1.165) is 5.56 Å². The molecule has 15 heavy (non-hydrogen) atoms. The number of phenols is 1. The lowest BCUT2D eigenvalue weighted by molar-refractivity contribution is -0.136. The fourth-order valence-corrected chi connectivity index (χ4v) is 1.44. The topological polar surface area (TPSA) is 76.0 Å². The van der Waals surface area contributed by atoms with Gasteiger partial charge in [-0.15, -0.1) is 0 Å². The normalized spacial score (nSPS) is 12.8. The number of carboxylic acid groups (broad SMARTS) is 1. The Labute approximate surface area is 85.9 Å². The van der Waals surface area contributed by atoms with Crippen LogP contribution in [0.2, 0.25) is 0 Å². The summed E-state index contributed by atoms with van der Waals surface area (Å²) >= 11 is 0. The minimum Gasteiger partial charge on any atom is -0.504 e. The monoisotopic (exact) mass is 210 g/mol. The van der Waals surface area contributed by atoms with Crippen LogP contribution in [-0.4, -0.2) is 23.0 Å². The minimum absolute atomic E-state index is 0.00890. The largest absolute Gasteiger partial charge is 0.504 e. The third-order valence-electron chi connectivity index (χ3n) is 2.14. The maximum Gasteiger partial charge on any atom is 0.303 e. The van der Waals surface area contributed by atoms with Crippen LogP contribution in [0.3, 0.4) is 0 Å². The zero-order valence-corrected chi connectivity index (χ0v) is 7.90. The van der Waals surface area contributed by atoms with Gasteiger partial charge >= 0.3 is 5.97 Å². The van der Waals surface area contributed by atoms with Crippen molar-refractivity contribution in [3.05, 3.63) is 17.7 Å². The Balaban J connectivity index is 2.20. The molecule has 5 heteroatoms. The molecule has 0 aromatic heterocycles. The van der Waals surface area contributed by atoms with Gasteiger partial charge in [0, 0.05) is 6.42 Å². The second-order valence-corrected chi connectivity index (χ2v) is 3.24. The van der Waals surface area contributed by atoms with E-state index in [2.05, 4.69) is 0 Å². The predicted octanol–water partition coefficient (Wildman–Crippen LogP) is 1.14. The molecule has 2 N–H and O–H groups in total. The number of rotatable bonds is 3. The summed E-state index contributed by atoms with van der Waals surface area (Å²) in [5.74, 6) is -0.0815. The molecule has 0 atom stereocenters. The lowest BCUT2D eigenvalue weighted by Crippen LogP contribution is -1.97. The number of aromatic hydroxyl groups is 1. The first-order chi connectivity index (χ1) is 7.16. The fraction of sp³-hybridized carbons (Fsp3) is 0.300. The van der Waals surface area contributed by atoms with Gasteiger partial charge in [0.2, 0.25) is 12.5 Å². The summed E-state index contributed by atoms with van der Waals surface area (Å²) in [5, 5.41) is 18.0. The van der Waals surface area contributed by atoms with Crippen molar-refractivity contribution < 1.29 is 24.5 Å². The lowest BCUT2D eigenvalue weighted by Gasteiger charge is -2.03. The average molecular weight is 210 g/mol. The summed E-state index contributed by atoms with van der Waals surface area (Å²) in [4.78, 5) is 10.4. The predicted molar refractivity (Wildman–Crippen MR) is 50.2 cm³/mol. The van der Waals surface area contributed by atoms with Gasteiger partial charge in [0.1, 0.15) is 0 Å². The Hall–Kier alpha value is -1.91. The number of hydrogen-bond acceptors (Lipinski definition) is 4. The van der Waals surface area contributed by atoms with Crippen LogP contribution in [0.5, 0.6) is 17.2 Å². The van der Waals surface area contributed by atoms with Crippen LogP contribution in [-0.2, 0) is 11.2 Å². The number of aryl methyl sites for hydroxylation is 1. The molecule has 1 aliphatic rings. The van der Waals surface area contributed by atoms with E-state index in [1.165, 1.54) is 6.07 Å². The Morgan fingerprint density at radius 2 is 2.20 bits per heavy atom. The van der Waals surface area contributed by atoms with Crippen LogP contribution in [0.25, 0.3) is 0 Å². The molecule has 2 rings (SSSR count). The van der Waals surface area contributed by atoms with Crippen molar-refractivity contribution in [2.24, 2.45) is 0 Å². The van der Waals surface area contributed by atoms with E-state index in [9.17, 15) is 9.90 Å². The molecule has 80 valence electrons. The van der Waals surface area contributed by atoms with Gasteiger partial charge in [-0.3, -0.25) is 4.79 Å². The Morgan fingerprint density at radius 3 is 2.93 bits per heavy atom. The van der Waals surface area contributed by atoms with E-state index in [0.29, 0.717) is 17.9 Å². The van der Waals surface area contributed by atoms with Crippen LogP contribution in [0, 0.1) is 0 Å². The van der Waals surface area contributed by atoms with Crippen LogP contribution in [0.4, 0.5) is 0 Å². The first-order valence-corrected chi connectivity index (χ1v) is 4.50. The Kier molecular flexibility index (Phi) is 2.37. The first-order valence-electron chi connectivity index (χ1n) is 4.50. The van der Waals surface area contributed by atoms with Crippen molar-refractivity contribution in [3.63, 3.8) is 0 Å². The van der Waals surface area contributed by atoms with E-state index in [-0.39, 0.29) is 19.0 Å². The van der Waals surface area contributed by atoms with Gasteiger partial charge in [-0.25, -0.2) is 0 Å². The minimum atomic E-state index is -0.868. The molecule has 0 spiro atoms. The summed E-state index contributed by atoms with van der Waals surface area (Å²) in [6, 6.07) is 3.18. The van der Waals surface area contributed by atoms with E-state index in [1.54, 1.807) is 6.07 Å². The maximum absolute atomic E-state index is 10.4. The van der Waals surface area contributed by atoms with Gasteiger partial charge in [-0.05, 0) is 24.1 Å². The summed E-state index contributed by atoms with van der Waals surface area (Å²) in [7, 11) is 0. The van der Waals surface area contributed by atoms with Crippen molar-refractivity contribution >= 4 is 5.97 Å². The van der Waals surface area contributed by atoms with E-state index < -0.39 is 5.97 Å². The summed E-state index contributed by atoms with van der Waals surface area (Å²) < 4.78 is 10.1. The zero-order chi connectivity index (χ0) is 10.8. The summed E-state index contributed by atoms with van der Waals surface area (Å²) in [6.45, 7) is 0.0886. The molecule has 1 aliphatic heterocycles. The number of ether oxygens (including phenoxy) is 2. The van der Waals surface area contributed by atoms with E-state index in [1.807, 2.05) is 0 Å². The average Bonchev–Trinajstić information content (AvgIpc) is 2.63. The first kappa shape index (κ1) is 9.64.